The minimum atomic E-state index is -0.000575. The number of para-hydroxylation sites is 1. The number of aromatic amines is 1. The molecule has 1 saturated heterocycles. The number of aromatic nitrogens is 1. The SMILES string of the molecule is O=c1[nH]c2ccccc2cc1CNCCCN1CCOCC1. The van der Waals surface area contributed by atoms with Crippen LogP contribution in [0.3, 0.4) is 0 Å². The number of hydrogen-bond donors (Lipinski definition) is 2. The first-order valence-corrected chi connectivity index (χ1v) is 7.95. The first-order valence-electron chi connectivity index (χ1n) is 7.95. The van der Waals surface area contributed by atoms with E-state index in [4.69, 9.17) is 4.74 Å². The van der Waals surface area contributed by atoms with Crippen LogP contribution in [0.1, 0.15) is 12.0 Å². The van der Waals surface area contributed by atoms with Crippen molar-refractivity contribution in [3.63, 3.8) is 0 Å². The highest BCUT2D eigenvalue weighted by Crippen LogP contribution is 2.09. The second kappa shape index (κ2) is 7.54. The Hall–Kier alpha value is -1.69. The Kier molecular flexibility index (Phi) is 5.21. The van der Waals surface area contributed by atoms with Gasteiger partial charge in [0.25, 0.3) is 5.56 Å². The average Bonchev–Trinajstić information content (AvgIpc) is 2.56. The monoisotopic (exact) mass is 301 g/mol. The van der Waals surface area contributed by atoms with E-state index < -0.39 is 0 Å². The van der Waals surface area contributed by atoms with Crippen molar-refractivity contribution in [1.29, 1.82) is 0 Å². The van der Waals surface area contributed by atoms with Crippen molar-refractivity contribution in [2.24, 2.45) is 0 Å². The number of hydrogen-bond acceptors (Lipinski definition) is 4. The lowest BCUT2D eigenvalue weighted by Gasteiger charge is -2.26. The third-order valence-corrected chi connectivity index (χ3v) is 4.08. The van der Waals surface area contributed by atoms with Gasteiger partial charge in [-0.2, -0.15) is 0 Å². The van der Waals surface area contributed by atoms with Crippen molar-refractivity contribution in [1.82, 2.24) is 15.2 Å². The van der Waals surface area contributed by atoms with E-state index in [9.17, 15) is 4.79 Å². The van der Waals surface area contributed by atoms with Gasteiger partial charge in [-0.15, -0.1) is 0 Å². The largest absolute Gasteiger partial charge is 0.379 e. The van der Waals surface area contributed by atoms with Crippen molar-refractivity contribution in [3.05, 3.63) is 46.2 Å². The molecule has 1 fully saturated rings. The Labute approximate surface area is 130 Å². The third-order valence-electron chi connectivity index (χ3n) is 4.08. The number of pyridine rings is 1. The van der Waals surface area contributed by atoms with E-state index in [1.165, 1.54) is 0 Å². The highest BCUT2D eigenvalue weighted by atomic mass is 16.5. The first-order chi connectivity index (χ1) is 10.8. The van der Waals surface area contributed by atoms with Crippen LogP contribution in [0.15, 0.2) is 35.1 Å². The summed E-state index contributed by atoms with van der Waals surface area (Å²) in [5.41, 5.74) is 1.69. The summed E-state index contributed by atoms with van der Waals surface area (Å²) in [6.07, 6.45) is 1.09. The molecule has 1 aromatic carbocycles. The lowest BCUT2D eigenvalue weighted by Crippen LogP contribution is -2.37. The zero-order valence-electron chi connectivity index (χ0n) is 12.8. The molecule has 0 aliphatic carbocycles. The predicted octanol–water partition coefficient (Wildman–Crippen LogP) is 1.34. The van der Waals surface area contributed by atoms with Gasteiger partial charge in [0.15, 0.2) is 0 Å². The van der Waals surface area contributed by atoms with Gasteiger partial charge in [-0.25, -0.2) is 0 Å². The van der Waals surface area contributed by atoms with Gasteiger partial charge in [0, 0.05) is 30.7 Å². The molecule has 0 atom stereocenters. The number of ether oxygens (including phenoxy) is 1. The summed E-state index contributed by atoms with van der Waals surface area (Å²) in [6, 6.07) is 9.84. The fraction of sp³-hybridized carbons (Fsp3) is 0.471. The minimum absolute atomic E-state index is 0.000575. The van der Waals surface area contributed by atoms with Gasteiger partial charge < -0.3 is 15.0 Å². The van der Waals surface area contributed by atoms with Crippen molar-refractivity contribution in [2.75, 3.05) is 39.4 Å². The Morgan fingerprint density at radius 2 is 2.05 bits per heavy atom. The van der Waals surface area contributed by atoms with Crippen molar-refractivity contribution >= 4 is 10.9 Å². The normalized spacial score (nSPS) is 16.2. The Balaban J connectivity index is 1.47. The van der Waals surface area contributed by atoms with Crippen LogP contribution in [0.25, 0.3) is 10.9 Å². The molecule has 0 bridgehead atoms. The van der Waals surface area contributed by atoms with Crippen LogP contribution in [0.4, 0.5) is 0 Å². The second-order valence-electron chi connectivity index (χ2n) is 5.70. The fourth-order valence-electron chi connectivity index (χ4n) is 2.80. The van der Waals surface area contributed by atoms with E-state index in [-0.39, 0.29) is 5.56 Å². The Morgan fingerprint density at radius 1 is 1.23 bits per heavy atom. The molecule has 0 saturated carbocycles. The van der Waals surface area contributed by atoms with Crippen molar-refractivity contribution in [3.8, 4) is 0 Å². The summed E-state index contributed by atoms with van der Waals surface area (Å²) in [6.45, 7) is 6.38. The summed E-state index contributed by atoms with van der Waals surface area (Å²) in [5, 5.41) is 4.45. The maximum Gasteiger partial charge on any atom is 0.252 e. The number of rotatable bonds is 6. The van der Waals surface area contributed by atoms with Gasteiger partial charge in [-0.3, -0.25) is 9.69 Å². The predicted molar refractivity (Wildman–Crippen MR) is 88.2 cm³/mol. The van der Waals surface area contributed by atoms with Crippen LogP contribution in [0, 0.1) is 0 Å². The minimum Gasteiger partial charge on any atom is -0.379 e. The third kappa shape index (κ3) is 3.94. The van der Waals surface area contributed by atoms with Crippen LogP contribution >= 0.6 is 0 Å². The quantitative estimate of drug-likeness (QED) is 0.791. The molecule has 5 nitrogen and oxygen atoms in total. The maximum atomic E-state index is 12.0. The van der Waals surface area contributed by atoms with E-state index in [2.05, 4.69) is 15.2 Å². The van der Waals surface area contributed by atoms with E-state index >= 15 is 0 Å². The molecule has 118 valence electrons. The van der Waals surface area contributed by atoms with E-state index in [0.717, 1.165) is 62.3 Å². The van der Waals surface area contributed by atoms with Gasteiger partial charge in [0.1, 0.15) is 0 Å². The summed E-state index contributed by atoms with van der Waals surface area (Å²) in [7, 11) is 0. The summed E-state index contributed by atoms with van der Waals surface area (Å²) in [5.74, 6) is 0. The average molecular weight is 301 g/mol. The van der Waals surface area contributed by atoms with Crippen LogP contribution in [0.2, 0.25) is 0 Å². The molecular weight excluding hydrogens is 278 g/mol. The highest BCUT2D eigenvalue weighted by Gasteiger charge is 2.09. The zero-order valence-corrected chi connectivity index (χ0v) is 12.8. The summed E-state index contributed by atoms with van der Waals surface area (Å²) >= 11 is 0. The van der Waals surface area contributed by atoms with Crippen molar-refractivity contribution < 1.29 is 4.74 Å². The van der Waals surface area contributed by atoms with Crippen LogP contribution in [-0.4, -0.2) is 49.3 Å². The lowest BCUT2D eigenvalue weighted by atomic mass is 10.1. The molecule has 1 aromatic heterocycles. The van der Waals surface area contributed by atoms with E-state index in [1.54, 1.807) is 0 Å². The van der Waals surface area contributed by atoms with Crippen molar-refractivity contribution in [2.45, 2.75) is 13.0 Å². The molecular formula is C17H23N3O2. The van der Waals surface area contributed by atoms with Gasteiger partial charge >= 0.3 is 0 Å². The molecule has 2 heterocycles. The number of morpholine rings is 1. The second-order valence-corrected chi connectivity index (χ2v) is 5.70. The molecule has 22 heavy (non-hydrogen) atoms. The van der Waals surface area contributed by atoms with Crippen LogP contribution < -0.4 is 10.9 Å². The number of nitrogens with one attached hydrogen (secondary N) is 2. The molecule has 2 aromatic rings. The Bertz CT molecular complexity index is 662. The van der Waals surface area contributed by atoms with Gasteiger partial charge in [0.05, 0.1) is 13.2 Å². The van der Waals surface area contributed by atoms with Crippen LogP contribution in [-0.2, 0) is 11.3 Å². The summed E-state index contributed by atoms with van der Waals surface area (Å²) in [4.78, 5) is 17.4. The molecule has 0 amide bonds. The molecule has 0 spiro atoms. The standard InChI is InChI=1S/C17H23N3O2/c21-17-15(12-14-4-1-2-5-16(14)19-17)13-18-6-3-7-20-8-10-22-11-9-20/h1-2,4-5,12,18H,3,6-11,13H2,(H,19,21). The van der Waals surface area contributed by atoms with Gasteiger partial charge in [-0.05, 0) is 37.0 Å². The van der Waals surface area contributed by atoms with E-state index in [1.807, 2.05) is 30.3 Å². The summed E-state index contributed by atoms with van der Waals surface area (Å²) < 4.78 is 5.34. The molecule has 1 aliphatic heterocycles. The lowest BCUT2D eigenvalue weighted by molar-refractivity contribution is 0.0374. The fourth-order valence-corrected chi connectivity index (χ4v) is 2.80. The van der Waals surface area contributed by atoms with E-state index in [0.29, 0.717) is 6.54 Å². The smallest absolute Gasteiger partial charge is 0.252 e. The van der Waals surface area contributed by atoms with Gasteiger partial charge in [-0.1, -0.05) is 18.2 Å². The topological polar surface area (TPSA) is 57.4 Å². The van der Waals surface area contributed by atoms with Gasteiger partial charge in [0.2, 0.25) is 0 Å². The molecule has 1 aliphatic rings. The zero-order chi connectivity index (χ0) is 15.2. The first kappa shape index (κ1) is 15.2. The van der Waals surface area contributed by atoms with Crippen LogP contribution in [0.5, 0.6) is 0 Å². The number of benzene rings is 1. The molecule has 2 N–H and O–H groups in total. The molecule has 5 heteroatoms. The molecule has 0 unspecified atom stereocenters. The molecule has 0 radical (unpaired) electrons. The molecule has 3 rings (SSSR count). The highest BCUT2D eigenvalue weighted by molar-refractivity contribution is 5.78. The number of nitrogens with zero attached hydrogens (tertiary/aromatic N) is 1. The Morgan fingerprint density at radius 3 is 2.91 bits per heavy atom. The number of H-pyrrole nitrogens is 1. The maximum absolute atomic E-state index is 12.0. The number of fused-ring (bicyclic) bond motifs is 1.